The third kappa shape index (κ3) is 6.37. The molecule has 0 fully saturated rings. The normalized spacial score (nSPS) is 13.5. The fourth-order valence-corrected chi connectivity index (χ4v) is 1.13. The van der Waals surface area contributed by atoms with Crippen LogP contribution in [-0.4, -0.2) is 12.0 Å². The molecule has 1 nitrogen and oxygen atoms in total. The Kier molecular flexibility index (Phi) is 7.54. The molecule has 0 aliphatic heterocycles. The van der Waals surface area contributed by atoms with E-state index in [4.69, 9.17) is 11.6 Å². The van der Waals surface area contributed by atoms with Crippen LogP contribution in [0.4, 0.5) is 0 Å². The lowest BCUT2D eigenvalue weighted by atomic mass is 10.1. The zero-order valence-corrected chi connectivity index (χ0v) is 7.36. The minimum absolute atomic E-state index is 0.413. The Morgan fingerprint density at radius 1 is 1.30 bits per heavy atom. The quantitative estimate of drug-likeness (QED) is 0.424. The van der Waals surface area contributed by atoms with Crippen molar-refractivity contribution in [2.24, 2.45) is 0 Å². The number of hydrogen-bond donors (Lipinski definition) is 0. The highest BCUT2D eigenvalue weighted by Crippen LogP contribution is 2.06. The van der Waals surface area contributed by atoms with Gasteiger partial charge in [0.05, 0.1) is 6.10 Å². The average Bonchev–Trinajstić information content (AvgIpc) is 1.89. The summed E-state index contributed by atoms with van der Waals surface area (Å²) < 4.78 is 0. The van der Waals surface area contributed by atoms with Crippen molar-refractivity contribution in [3.05, 3.63) is 0 Å². The third-order valence-electron chi connectivity index (χ3n) is 1.56. The Hall–Kier alpha value is 0.250. The molecule has 10 heavy (non-hydrogen) atoms. The van der Waals surface area contributed by atoms with E-state index in [1.807, 2.05) is 0 Å². The molecule has 1 atom stereocenters. The standard InChI is InChI=1S/C8H16ClO/c1-2-3-4-5-8(10)6-7-9/h8H,2-7H2,1H3. The summed E-state index contributed by atoms with van der Waals surface area (Å²) in [5.74, 6) is 0.514. The van der Waals surface area contributed by atoms with Crippen molar-refractivity contribution in [2.75, 3.05) is 5.88 Å². The fraction of sp³-hybridized carbons (Fsp3) is 1.00. The monoisotopic (exact) mass is 163 g/mol. The molecule has 0 saturated carbocycles. The molecule has 0 amide bonds. The maximum absolute atomic E-state index is 10.9. The average molecular weight is 164 g/mol. The number of halogens is 1. The summed E-state index contributed by atoms with van der Waals surface area (Å²) in [6, 6.07) is 0. The fourth-order valence-electron chi connectivity index (χ4n) is 0.888. The molecule has 0 aliphatic rings. The second-order valence-corrected chi connectivity index (χ2v) is 2.97. The van der Waals surface area contributed by atoms with Crippen LogP contribution in [0, 0.1) is 0 Å². The van der Waals surface area contributed by atoms with E-state index in [0.29, 0.717) is 12.3 Å². The number of unbranched alkanes of at least 4 members (excludes halogenated alkanes) is 2. The van der Waals surface area contributed by atoms with Crippen LogP contribution >= 0.6 is 11.6 Å². The predicted molar refractivity (Wildman–Crippen MR) is 44.0 cm³/mol. The third-order valence-corrected chi connectivity index (χ3v) is 1.78. The van der Waals surface area contributed by atoms with E-state index in [9.17, 15) is 5.11 Å². The largest absolute Gasteiger partial charge is 0.233 e. The summed E-state index contributed by atoms with van der Waals surface area (Å²) in [6.07, 6.45) is 4.46. The van der Waals surface area contributed by atoms with Crippen LogP contribution in [0.25, 0.3) is 0 Å². The number of rotatable bonds is 6. The Morgan fingerprint density at radius 3 is 2.50 bits per heavy atom. The zero-order valence-electron chi connectivity index (χ0n) is 6.61. The van der Waals surface area contributed by atoms with Gasteiger partial charge in [-0.05, 0) is 12.8 Å². The summed E-state index contributed by atoms with van der Waals surface area (Å²) in [5, 5.41) is 10.9. The van der Waals surface area contributed by atoms with Crippen molar-refractivity contribution >= 4 is 11.6 Å². The van der Waals surface area contributed by atoms with Gasteiger partial charge in [-0.25, -0.2) is 5.11 Å². The Morgan fingerprint density at radius 2 is 2.00 bits per heavy atom. The number of alkyl halides is 1. The molecule has 0 N–H and O–H groups in total. The van der Waals surface area contributed by atoms with Crippen LogP contribution in [-0.2, 0) is 5.11 Å². The topological polar surface area (TPSA) is 19.9 Å². The van der Waals surface area contributed by atoms with E-state index in [-0.39, 0.29) is 0 Å². The van der Waals surface area contributed by atoms with Crippen LogP contribution in [0.3, 0.4) is 0 Å². The van der Waals surface area contributed by atoms with Gasteiger partial charge in [-0.1, -0.05) is 26.2 Å². The minimum atomic E-state index is -0.413. The van der Waals surface area contributed by atoms with Gasteiger partial charge in [-0.3, -0.25) is 0 Å². The first-order chi connectivity index (χ1) is 4.81. The van der Waals surface area contributed by atoms with E-state index in [1.165, 1.54) is 12.8 Å². The summed E-state index contributed by atoms with van der Waals surface area (Å²) in [7, 11) is 0. The molecule has 0 rings (SSSR count). The Labute approximate surface area is 68.4 Å². The lowest BCUT2D eigenvalue weighted by molar-refractivity contribution is 0.0764. The maximum atomic E-state index is 10.9. The molecule has 0 aromatic rings. The first kappa shape index (κ1) is 10.2. The molecule has 0 aliphatic carbocycles. The second kappa shape index (κ2) is 7.36. The van der Waals surface area contributed by atoms with Gasteiger partial charge in [0.15, 0.2) is 0 Å². The molecular formula is C8H16ClO. The molecule has 0 spiro atoms. The van der Waals surface area contributed by atoms with Crippen LogP contribution in [0.15, 0.2) is 0 Å². The first-order valence-corrected chi connectivity index (χ1v) is 4.56. The minimum Gasteiger partial charge on any atom is -0.233 e. The number of hydrogen-bond acceptors (Lipinski definition) is 0. The van der Waals surface area contributed by atoms with Gasteiger partial charge in [-0.15, -0.1) is 11.6 Å². The predicted octanol–water partition coefficient (Wildman–Crippen LogP) is 2.99. The molecule has 1 radical (unpaired) electrons. The summed E-state index contributed by atoms with van der Waals surface area (Å²) in [4.78, 5) is 0. The van der Waals surface area contributed by atoms with E-state index in [0.717, 1.165) is 12.8 Å². The molecule has 0 heterocycles. The molecule has 1 unspecified atom stereocenters. The molecular weight excluding hydrogens is 148 g/mol. The summed E-state index contributed by atoms with van der Waals surface area (Å²) in [6.45, 7) is 2.14. The molecule has 2 heteroatoms. The molecule has 0 bridgehead atoms. The highest BCUT2D eigenvalue weighted by atomic mass is 35.5. The Bertz CT molecular complexity index is 66.3. The van der Waals surface area contributed by atoms with Crippen molar-refractivity contribution in [2.45, 2.75) is 45.1 Å². The van der Waals surface area contributed by atoms with Crippen LogP contribution in [0.1, 0.15) is 39.0 Å². The zero-order chi connectivity index (χ0) is 7.82. The van der Waals surface area contributed by atoms with E-state index < -0.39 is 6.10 Å². The van der Waals surface area contributed by atoms with Gasteiger partial charge in [0, 0.05) is 5.88 Å². The van der Waals surface area contributed by atoms with Crippen molar-refractivity contribution in [1.82, 2.24) is 0 Å². The van der Waals surface area contributed by atoms with Gasteiger partial charge in [0.25, 0.3) is 0 Å². The van der Waals surface area contributed by atoms with Crippen LogP contribution in [0.5, 0.6) is 0 Å². The lowest BCUT2D eigenvalue weighted by Gasteiger charge is -2.03. The molecule has 0 aromatic carbocycles. The second-order valence-electron chi connectivity index (χ2n) is 2.60. The maximum Gasteiger partial charge on any atom is 0.0941 e. The van der Waals surface area contributed by atoms with Crippen molar-refractivity contribution < 1.29 is 5.11 Å². The van der Waals surface area contributed by atoms with Crippen molar-refractivity contribution in [3.8, 4) is 0 Å². The SMILES string of the molecule is CCCCCC([O])CCCl. The van der Waals surface area contributed by atoms with Gasteiger partial charge >= 0.3 is 0 Å². The molecule has 61 valence electrons. The van der Waals surface area contributed by atoms with Crippen LogP contribution in [0.2, 0.25) is 0 Å². The molecule has 0 saturated heterocycles. The van der Waals surface area contributed by atoms with Gasteiger partial charge in [-0.2, -0.15) is 0 Å². The Balaban J connectivity index is 2.97. The first-order valence-electron chi connectivity index (χ1n) is 4.03. The van der Waals surface area contributed by atoms with Gasteiger partial charge in [0.2, 0.25) is 0 Å². The smallest absolute Gasteiger partial charge is 0.0941 e. The summed E-state index contributed by atoms with van der Waals surface area (Å²) in [5.41, 5.74) is 0. The molecule has 0 aromatic heterocycles. The summed E-state index contributed by atoms with van der Waals surface area (Å²) >= 11 is 5.41. The highest BCUT2D eigenvalue weighted by Gasteiger charge is 2.03. The van der Waals surface area contributed by atoms with Gasteiger partial charge < -0.3 is 0 Å². The lowest BCUT2D eigenvalue weighted by Crippen LogP contribution is -2.04. The van der Waals surface area contributed by atoms with E-state index >= 15 is 0 Å². The van der Waals surface area contributed by atoms with Gasteiger partial charge in [0.1, 0.15) is 0 Å². The van der Waals surface area contributed by atoms with Crippen molar-refractivity contribution in [3.63, 3.8) is 0 Å². The van der Waals surface area contributed by atoms with Crippen molar-refractivity contribution in [1.29, 1.82) is 0 Å². The van der Waals surface area contributed by atoms with Crippen LogP contribution < -0.4 is 0 Å². The highest BCUT2D eigenvalue weighted by molar-refractivity contribution is 6.17. The van der Waals surface area contributed by atoms with E-state index in [1.54, 1.807) is 0 Å². The van der Waals surface area contributed by atoms with E-state index in [2.05, 4.69) is 6.92 Å².